The van der Waals surface area contributed by atoms with Crippen molar-refractivity contribution in [1.82, 2.24) is 4.98 Å². The molecule has 0 spiro atoms. The van der Waals surface area contributed by atoms with E-state index in [0.29, 0.717) is 41.8 Å². The monoisotopic (exact) mass is 271 g/mol. The zero-order chi connectivity index (χ0) is 13.9. The molecule has 0 unspecified atom stereocenters. The lowest BCUT2D eigenvalue weighted by molar-refractivity contribution is 0.101. The fraction of sp³-hybridized carbons (Fsp3) is 0.143. The van der Waals surface area contributed by atoms with Crippen molar-refractivity contribution in [2.45, 2.75) is 0 Å². The van der Waals surface area contributed by atoms with Gasteiger partial charge in [0.05, 0.1) is 17.4 Å². The van der Waals surface area contributed by atoms with E-state index >= 15 is 0 Å². The highest BCUT2D eigenvalue weighted by molar-refractivity contribution is 6.06. The van der Waals surface area contributed by atoms with Crippen molar-refractivity contribution < 1.29 is 14.3 Å². The van der Waals surface area contributed by atoms with Crippen molar-refractivity contribution in [1.29, 1.82) is 0 Å². The van der Waals surface area contributed by atoms with E-state index < -0.39 is 0 Å². The summed E-state index contributed by atoms with van der Waals surface area (Å²) in [6.45, 7) is 0.912. The first-order valence-corrected chi connectivity index (χ1v) is 6.15. The Labute approximate surface area is 115 Å². The Balaban J connectivity index is 1.85. The number of aromatic nitrogens is 1. The number of ether oxygens (including phenoxy) is 2. The topological polar surface area (TPSA) is 86.5 Å². The van der Waals surface area contributed by atoms with Gasteiger partial charge in [-0.15, -0.1) is 0 Å². The fourth-order valence-corrected chi connectivity index (χ4v) is 1.92. The highest BCUT2D eigenvalue weighted by Crippen LogP contribution is 2.33. The Hall–Kier alpha value is -2.76. The molecule has 0 atom stereocenters. The number of carbonyl (C=O) groups is 1. The van der Waals surface area contributed by atoms with Crippen LogP contribution in [0.5, 0.6) is 11.5 Å². The van der Waals surface area contributed by atoms with E-state index in [-0.39, 0.29) is 5.91 Å². The summed E-state index contributed by atoms with van der Waals surface area (Å²) in [7, 11) is 0. The molecule has 1 aliphatic rings. The molecule has 1 aliphatic heterocycles. The number of hydrogen-bond acceptors (Lipinski definition) is 5. The van der Waals surface area contributed by atoms with Crippen molar-refractivity contribution in [2.24, 2.45) is 0 Å². The number of hydrogen-bond donors (Lipinski definition) is 2. The smallest absolute Gasteiger partial charge is 0.260 e. The van der Waals surface area contributed by atoms with Gasteiger partial charge in [-0.3, -0.25) is 4.79 Å². The van der Waals surface area contributed by atoms with Crippen LogP contribution >= 0.6 is 0 Å². The molecule has 2 heterocycles. The average molecular weight is 271 g/mol. The van der Waals surface area contributed by atoms with Crippen LogP contribution in [0.1, 0.15) is 10.4 Å². The molecule has 3 N–H and O–H groups in total. The number of para-hydroxylation sites is 1. The van der Waals surface area contributed by atoms with Crippen molar-refractivity contribution >= 4 is 17.4 Å². The third-order valence-corrected chi connectivity index (χ3v) is 2.84. The van der Waals surface area contributed by atoms with Crippen LogP contribution in [-0.2, 0) is 0 Å². The number of nitrogens with one attached hydrogen (secondary N) is 1. The lowest BCUT2D eigenvalue weighted by Crippen LogP contribution is -2.20. The van der Waals surface area contributed by atoms with Gasteiger partial charge in [0.25, 0.3) is 5.91 Å². The molecule has 0 bridgehead atoms. The Bertz CT molecular complexity index is 641. The minimum atomic E-state index is -0.301. The second-order valence-corrected chi connectivity index (χ2v) is 4.26. The van der Waals surface area contributed by atoms with E-state index in [1.54, 1.807) is 30.3 Å². The quantitative estimate of drug-likeness (QED) is 0.868. The van der Waals surface area contributed by atoms with E-state index in [1.807, 2.05) is 0 Å². The Morgan fingerprint density at radius 2 is 2.05 bits per heavy atom. The molecule has 6 heteroatoms. The molecule has 1 amide bonds. The second kappa shape index (κ2) is 5.08. The van der Waals surface area contributed by atoms with Crippen molar-refractivity contribution in [3.63, 3.8) is 0 Å². The summed E-state index contributed by atoms with van der Waals surface area (Å²) in [5, 5.41) is 2.69. The number of rotatable bonds is 2. The van der Waals surface area contributed by atoms with E-state index in [1.165, 1.54) is 6.20 Å². The minimum Gasteiger partial charge on any atom is -0.486 e. The van der Waals surface area contributed by atoms with Gasteiger partial charge >= 0.3 is 0 Å². The number of fused-ring (bicyclic) bond motifs is 1. The van der Waals surface area contributed by atoms with Gasteiger partial charge in [-0.05, 0) is 24.3 Å². The molecule has 1 aromatic heterocycles. The van der Waals surface area contributed by atoms with Gasteiger partial charge in [0, 0.05) is 0 Å². The molecule has 1 aromatic carbocycles. The van der Waals surface area contributed by atoms with Crippen molar-refractivity contribution in [2.75, 3.05) is 24.3 Å². The predicted molar refractivity (Wildman–Crippen MR) is 74.0 cm³/mol. The molecular weight excluding hydrogens is 258 g/mol. The van der Waals surface area contributed by atoms with Gasteiger partial charge in [0.1, 0.15) is 19.0 Å². The third-order valence-electron chi connectivity index (χ3n) is 2.84. The van der Waals surface area contributed by atoms with Crippen molar-refractivity contribution in [3.05, 3.63) is 42.1 Å². The van der Waals surface area contributed by atoms with E-state index in [9.17, 15) is 4.79 Å². The Kier molecular flexibility index (Phi) is 3.12. The molecule has 0 saturated heterocycles. The molecule has 2 aromatic rings. The van der Waals surface area contributed by atoms with Gasteiger partial charge < -0.3 is 20.5 Å². The fourth-order valence-electron chi connectivity index (χ4n) is 1.92. The number of nitrogens with two attached hydrogens (primary N) is 1. The maximum absolute atomic E-state index is 12.3. The average Bonchev–Trinajstić information content (AvgIpc) is 2.49. The van der Waals surface area contributed by atoms with Gasteiger partial charge in [-0.25, -0.2) is 4.98 Å². The third kappa shape index (κ3) is 2.35. The number of nitrogens with zero attached hydrogens (tertiary/aromatic N) is 1. The summed E-state index contributed by atoms with van der Waals surface area (Å²) < 4.78 is 10.9. The molecule has 0 fully saturated rings. The lowest BCUT2D eigenvalue weighted by Gasteiger charge is -2.20. The lowest BCUT2D eigenvalue weighted by atomic mass is 10.1. The van der Waals surface area contributed by atoms with Crippen LogP contribution in [0.2, 0.25) is 0 Å². The van der Waals surface area contributed by atoms with Crippen molar-refractivity contribution in [3.8, 4) is 11.5 Å². The van der Waals surface area contributed by atoms with Crippen LogP contribution in [0.25, 0.3) is 0 Å². The molecule has 0 radical (unpaired) electrons. The molecular formula is C14H13N3O3. The standard InChI is InChI=1S/C14H13N3O3/c15-9-4-5-12(16-8-9)17-14(18)10-2-1-3-11-13(10)20-7-6-19-11/h1-5,8H,6-7,15H2,(H,16,17,18). The first kappa shape index (κ1) is 12.3. The van der Waals surface area contributed by atoms with E-state index in [2.05, 4.69) is 10.3 Å². The maximum atomic E-state index is 12.3. The predicted octanol–water partition coefficient (Wildman–Crippen LogP) is 1.69. The number of anilines is 2. The zero-order valence-corrected chi connectivity index (χ0v) is 10.6. The zero-order valence-electron chi connectivity index (χ0n) is 10.6. The second-order valence-electron chi connectivity index (χ2n) is 4.26. The van der Waals surface area contributed by atoms with Crippen LogP contribution in [0.4, 0.5) is 11.5 Å². The molecule has 102 valence electrons. The number of benzene rings is 1. The summed E-state index contributed by atoms with van der Waals surface area (Å²) in [5.41, 5.74) is 6.50. The van der Waals surface area contributed by atoms with E-state index in [4.69, 9.17) is 15.2 Å². The largest absolute Gasteiger partial charge is 0.486 e. The molecule has 20 heavy (non-hydrogen) atoms. The van der Waals surface area contributed by atoms with Crippen LogP contribution in [0.3, 0.4) is 0 Å². The van der Waals surface area contributed by atoms with Crippen LogP contribution < -0.4 is 20.5 Å². The Morgan fingerprint density at radius 3 is 2.85 bits per heavy atom. The Morgan fingerprint density at radius 1 is 1.20 bits per heavy atom. The van der Waals surface area contributed by atoms with Gasteiger partial charge in [0.15, 0.2) is 11.5 Å². The molecule has 3 rings (SSSR count). The van der Waals surface area contributed by atoms with Gasteiger partial charge in [0.2, 0.25) is 0 Å². The highest BCUT2D eigenvalue weighted by atomic mass is 16.6. The SMILES string of the molecule is Nc1ccc(NC(=O)c2cccc3c2OCCO3)nc1. The van der Waals surface area contributed by atoms with Gasteiger partial charge in [-0.1, -0.05) is 6.07 Å². The summed E-state index contributed by atoms with van der Waals surface area (Å²) in [6, 6.07) is 8.51. The summed E-state index contributed by atoms with van der Waals surface area (Å²) in [4.78, 5) is 16.3. The molecule has 0 aliphatic carbocycles. The molecule has 0 saturated carbocycles. The summed E-state index contributed by atoms with van der Waals surface area (Å²) >= 11 is 0. The highest BCUT2D eigenvalue weighted by Gasteiger charge is 2.20. The first-order valence-electron chi connectivity index (χ1n) is 6.15. The minimum absolute atomic E-state index is 0.301. The number of nitrogen functional groups attached to an aromatic ring is 1. The summed E-state index contributed by atoms with van der Waals surface area (Å²) in [5.74, 6) is 1.17. The summed E-state index contributed by atoms with van der Waals surface area (Å²) in [6.07, 6.45) is 1.48. The normalized spacial score (nSPS) is 12.8. The number of amides is 1. The van der Waals surface area contributed by atoms with Gasteiger partial charge in [-0.2, -0.15) is 0 Å². The van der Waals surface area contributed by atoms with Crippen LogP contribution in [0.15, 0.2) is 36.5 Å². The maximum Gasteiger partial charge on any atom is 0.260 e. The number of carbonyl (C=O) groups excluding carboxylic acids is 1. The van der Waals surface area contributed by atoms with Crippen LogP contribution in [0, 0.1) is 0 Å². The molecule has 6 nitrogen and oxygen atoms in total. The van der Waals surface area contributed by atoms with Crippen LogP contribution in [-0.4, -0.2) is 24.1 Å². The van der Waals surface area contributed by atoms with E-state index in [0.717, 1.165) is 0 Å². The first-order chi connectivity index (χ1) is 9.74. The number of pyridine rings is 1.